The Balaban J connectivity index is 1.91. The molecule has 0 aliphatic rings. The first-order chi connectivity index (χ1) is 12.3. The van der Waals surface area contributed by atoms with Crippen LogP contribution in [0.3, 0.4) is 0 Å². The second kappa shape index (κ2) is 11.2. The van der Waals surface area contributed by atoms with Crippen LogP contribution in [-0.4, -0.2) is 25.7 Å². The van der Waals surface area contributed by atoms with Gasteiger partial charge in [0.2, 0.25) is 0 Å². The van der Waals surface area contributed by atoms with Crippen molar-refractivity contribution < 1.29 is 14.2 Å². The number of halogens is 1. The predicted octanol–water partition coefficient (Wildman–Crippen LogP) is 6.36. The van der Waals surface area contributed by atoms with E-state index in [0.717, 1.165) is 46.4 Å². The van der Waals surface area contributed by atoms with Crippen LogP contribution in [0.15, 0.2) is 30.3 Å². The Bertz CT molecular complexity index is 642. The van der Waals surface area contributed by atoms with Gasteiger partial charge in [0.25, 0.3) is 0 Å². The highest BCUT2D eigenvalue weighted by atomic mass is 79.9. The molecule has 0 saturated heterocycles. The average molecular weight is 409 g/mol. The van der Waals surface area contributed by atoms with Crippen LogP contribution < -0.4 is 14.2 Å². The monoisotopic (exact) mass is 408 g/mol. The lowest BCUT2D eigenvalue weighted by Crippen LogP contribution is -2.00. The maximum Gasteiger partial charge on any atom is 0.168 e. The van der Waals surface area contributed by atoms with Crippen molar-refractivity contribution >= 4 is 26.7 Å². The van der Waals surface area contributed by atoms with Gasteiger partial charge in [-0.2, -0.15) is 0 Å². The van der Waals surface area contributed by atoms with E-state index in [-0.39, 0.29) is 0 Å². The summed E-state index contributed by atoms with van der Waals surface area (Å²) in [6.07, 6.45) is 7.48. The maximum atomic E-state index is 5.98. The number of benzene rings is 2. The van der Waals surface area contributed by atoms with E-state index in [1.807, 2.05) is 31.2 Å². The number of methoxy groups -OCH3 is 1. The Morgan fingerprint density at radius 3 is 2.36 bits per heavy atom. The molecule has 0 amide bonds. The lowest BCUT2D eigenvalue weighted by molar-refractivity contribution is 0.286. The Morgan fingerprint density at radius 1 is 0.880 bits per heavy atom. The molecule has 0 aliphatic heterocycles. The zero-order valence-electron chi connectivity index (χ0n) is 15.4. The first-order valence-corrected chi connectivity index (χ1v) is 10.3. The van der Waals surface area contributed by atoms with Crippen molar-refractivity contribution in [3.8, 4) is 17.2 Å². The molecule has 25 heavy (non-hydrogen) atoms. The van der Waals surface area contributed by atoms with Crippen LogP contribution in [0, 0.1) is 0 Å². The molecule has 2 rings (SSSR count). The minimum absolute atomic E-state index is 0.667. The molecule has 0 unspecified atom stereocenters. The fraction of sp³-hybridized carbons (Fsp3) is 0.524. The van der Waals surface area contributed by atoms with Gasteiger partial charge in [0, 0.05) is 10.7 Å². The number of alkyl halides is 1. The van der Waals surface area contributed by atoms with Crippen LogP contribution in [0.4, 0.5) is 0 Å². The second-order valence-electron chi connectivity index (χ2n) is 6.07. The molecule has 138 valence electrons. The zero-order valence-corrected chi connectivity index (χ0v) is 16.9. The van der Waals surface area contributed by atoms with Gasteiger partial charge in [0.05, 0.1) is 20.3 Å². The molecule has 0 bridgehead atoms. The van der Waals surface area contributed by atoms with E-state index in [0.29, 0.717) is 6.61 Å². The molecular formula is C21H29BrO3. The topological polar surface area (TPSA) is 27.7 Å². The van der Waals surface area contributed by atoms with Crippen molar-refractivity contribution in [2.24, 2.45) is 0 Å². The predicted molar refractivity (Wildman–Crippen MR) is 109 cm³/mol. The summed E-state index contributed by atoms with van der Waals surface area (Å²) in [5.74, 6) is 2.50. The molecule has 0 aliphatic carbocycles. The van der Waals surface area contributed by atoms with Crippen LogP contribution in [-0.2, 0) is 0 Å². The number of fused-ring (bicyclic) bond motifs is 1. The van der Waals surface area contributed by atoms with Crippen molar-refractivity contribution in [3.05, 3.63) is 30.3 Å². The van der Waals surface area contributed by atoms with Crippen LogP contribution in [0.2, 0.25) is 0 Å². The highest BCUT2D eigenvalue weighted by Crippen LogP contribution is 2.37. The summed E-state index contributed by atoms with van der Waals surface area (Å²) in [6.45, 7) is 3.39. The van der Waals surface area contributed by atoms with Gasteiger partial charge in [-0.25, -0.2) is 0 Å². The minimum atomic E-state index is 0.667. The van der Waals surface area contributed by atoms with E-state index < -0.39 is 0 Å². The van der Waals surface area contributed by atoms with E-state index in [4.69, 9.17) is 14.2 Å². The zero-order chi connectivity index (χ0) is 17.9. The number of hydrogen-bond acceptors (Lipinski definition) is 3. The van der Waals surface area contributed by atoms with Gasteiger partial charge in [-0.3, -0.25) is 0 Å². The summed E-state index contributed by atoms with van der Waals surface area (Å²) in [7, 11) is 1.70. The Hall–Kier alpha value is -1.42. The molecule has 0 N–H and O–H groups in total. The number of hydrogen-bond donors (Lipinski definition) is 0. The van der Waals surface area contributed by atoms with Gasteiger partial charge in [-0.05, 0) is 49.4 Å². The van der Waals surface area contributed by atoms with Crippen molar-refractivity contribution in [1.29, 1.82) is 0 Å². The summed E-state index contributed by atoms with van der Waals surface area (Å²) in [6, 6.07) is 10.1. The summed E-state index contributed by atoms with van der Waals surface area (Å²) < 4.78 is 17.2. The van der Waals surface area contributed by atoms with Gasteiger partial charge >= 0.3 is 0 Å². The van der Waals surface area contributed by atoms with Crippen molar-refractivity contribution in [3.63, 3.8) is 0 Å². The third kappa shape index (κ3) is 6.10. The Morgan fingerprint density at radius 2 is 1.64 bits per heavy atom. The van der Waals surface area contributed by atoms with Gasteiger partial charge < -0.3 is 14.2 Å². The van der Waals surface area contributed by atoms with Crippen molar-refractivity contribution in [2.75, 3.05) is 25.7 Å². The molecule has 0 heterocycles. The standard InChI is InChI=1S/C21H29BrO3/c1-3-24-18-11-12-19-17(16-18)10-13-20(21(19)23-2)25-15-9-7-5-4-6-8-14-22/h10-13,16H,3-9,14-15H2,1-2H3. The van der Waals surface area contributed by atoms with Crippen LogP contribution in [0.5, 0.6) is 17.2 Å². The normalized spacial score (nSPS) is 10.8. The molecular weight excluding hydrogens is 380 g/mol. The van der Waals surface area contributed by atoms with E-state index in [1.165, 1.54) is 32.1 Å². The molecule has 0 atom stereocenters. The Kier molecular flexibility index (Phi) is 8.95. The molecule has 4 heteroatoms. The molecule has 0 spiro atoms. The largest absolute Gasteiger partial charge is 0.494 e. The van der Waals surface area contributed by atoms with E-state index in [9.17, 15) is 0 Å². The molecule has 0 radical (unpaired) electrons. The van der Waals surface area contributed by atoms with Crippen molar-refractivity contribution in [1.82, 2.24) is 0 Å². The van der Waals surface area contributed by atoms with Crippen LogP contribution >= 0.6 is 15.9 Å². The molecule has 2 aromatic carbocycles. The van der Waals surface area contributed by atoms with Crippen molar-refractivity contribution in [2.45, 2.75) is 45.4 Å². The molecule has 3 nitrogen and oxygen atoms in total. The van der Waals surface area contributed by atoms with Crippen LogP contribution in [0.25, 0.3) is 10.8 Å². The SMILES string of the molecule is CCOc1ccc2c(OC)c(OCCCCCCCCBr)ccc2c1. The van der Waals surface area contributed by atoms with E-state index in [1.54, 1.807) is 7.11 Å². The number of rotatable bonds is 12. The lowest BCUT2D eigenvalue weighted by atomic mass is 10.1. The maximum absolute atomic E-state index is 5.98. The number of unbranched alkanes of at least 4 members (excludes halogenated alkanes) is 5. The second-order valence-corrected chi connectivity index (χ2v) is 6.86. The van der Waals surface area contributed by atoms with E-state index >= 15 is 0 Å². The molecule has 0 aromatic heterocycles. The summed E-state index contributed by atoms with van der Waals surface area (Å²) >= 11 is 3.47. The third-order valence-corrected chi connectivity index (χ3v) is 4.77. The van der Waals surface area contributed by atoms with Crippen LogP contribution in [0.1, 0.15) is 45.4 Å². The minimum Gasteiger partial charge on any atom is -0.494 e. The summed E-state index contributed by atoms with van der Waals surface area (Å²) in [4.78, 5) is 0. The first kappa shape index (κ1) is 19.9. The highest BCUT2D eigenvalue weighted by Gasteiger charge is 2.10. The third-order valence-electron chi connectivity index (χ3n) is 4.21. The van der Waals surface area contributed by atoms with Gasteiger partial charge in [-0.1, -0.05) is 47.7 Å². The van der Waals surface area contributed by atoms with Gasteiger partial charge in [0.1, 0.15) is 5.75 Å². The smallest absolute Gasteiger partial charge is 0.168 e. The van der Waals surface area contributed by atoms with E-state index in [2.05, 4.69) is 22.0 Å². The first-order valence-electron chi connectivity index (χ1n) is 9.22. The quantitative estimate of drug-likeness (QED) is 0.302. The molecule has 0 saturated carbocycles. The average Bonchev–Trinajstić information content (AvgIpc) is 2.63. The molecule has 2 aromatic rings. The summed E-state index contributed by atoms with van der Waals surface area (Å²) in [5, 5.41) is 3.27. The summed E-state index contributed by atoms with van der Waals surface area (Å²) in [5.41, 5.74) is 0. The van der Waals surface area contributed by atoms with Gasteiger partial charge in [0.15, 0.2) is 11.5 Å². The number of ether oxygens (including phenoxy) is 3. The molecule has 0 fully saturated rings. The van der Waals surface area contributed by atoms with Gasteiger partial charge in [-0.15, -0.1) is 0 Å². The fourth-order valence-corrected chi connectivity index (χ4v) is 3.32. The Labute approximate surface area is 159 Å². The lowest BCUT2D eigenvalue weighted by Gasteiger charge is -2.14. The highest BCUT2D eigenvalue weighted by molar-refractivity contribution is 9.09. The fourth-order valence-electron chi connectivity index (χ4n) is 2.93.